The molecule has 0 saturated carbocycles. The Hall–Kier alpha value is -2.93. The summed E-state index contributed by atoms with van der Waals surface area (Å²) in [6, 6.07) is 12.1. The predicted molar refractivity (Wildman–Crippen MR) is 86.9 cm³/mol. The molecular formula is C15H12ClN3O4. The first-order chi connectivity index (χ1) is 11.0. The fourth-order valence-electron chi connectivity index (χ4n) is 1.56. The molecule has 0 spiro atoms. The highest BCUT2D eigenvalue weighted by Crippen LogP contribution is 2.18. The highest BCUT2D eigenvalue weighted by atomic mass is 35.5. The first-order valence-corrected chi connectivity index (χ1v) is 6.86. The zero-order valence-corrected chi connectivity index (χ0v) is 12.8. The Bertz CT molecular complexity index is 742. The highest BCUT2D eigenvalue weighted by molar-refractivity contribution is 6.36. The number of hydrogen-bond acceptors (Lipinski definition) is 6. The molecule has 0 aliphatic rings. The van der Waals surface area contributed by atoms with Crippen LogP contribution in [0.25, 0.3) is 0 Å². The first kappa shape index (κ1) is 16.4. The minimum Gasteiger partial charge on any atom is -0.435 e. The molecule has 0 amide bonds. The van der Waals surface area contributed by atoms with Gasteiger partial charge in [0, 0.05) is 24.1 Å². The van der Waals surface area contributed by atoms with Crippen molar-refractivity contribution < 1.29 is 14.5 Å². The van der Waals surface area contributed by atoms with E-state index in [1.54, 1.807) is 24.3 Å². The Morgan fingerprint density at radius 1 is 1.17 bits per heavy atom. The van der Waals surface area contributed by atoms with Gasteiger partial charge in [0.05, 0.1) is 10.6 Å². The number of carbonyl (C=O) groups is 1. The van der Waals surface area contributed by atoms with E-state index in [1.165, 1.54) is 31.2 Å². The van der Waals surface area contributed by atoms with E-state index >= 15 is 0 Å². The van der Waals surface area contributed by atoms with Gasteiger partial charge in [0.2, 0.25) is 5.78 Å². The van der Waals surface area contributed by atoms with E-state index in [4.69, 9.17) is 16.3 Å². The topological polar surface area (TPSA) is 93.8 Å². The molecule has 7 nitrogen and oxygen atoms in total. The van der Waals surface area contributed by atoms with Gasteiger partial charge in [0.1, 0.15) is 5.75 Å². The smallest absolute Gasteiger partial charge is 0.280 e. The molecule has 0 heterocycles. The van der Waals surface area contributed by atoms with Crippen molar-refractivity contribution in [2.75, 3.05) is 5.43 Å². The number of ketones is 1. The van der Waals surface area contributed by atoms with E-state index in [1.807, 2.05) is 0 Å². The summed E-state index contributed by atoms with van der Waals surface area (Å²) in [6.45, 7) is 1.30. The largest absolute Gasteiger partial charge is 0.435 e. The maximum atomic E-state index is 11.6. The van der Waals surface area contributed by atoms with E-state index in [0.29, 0.717) is 10.7 Å². The summed E-state index contributed by atoms with van der Waals surface area (Å²) in [6.07, 6.45) is 0. The van der Waals surface area contributed by atoms with Gasteiger partial charge in [-0.2, -0.15) is 0 Å². The minimum absolute atomic E-state index is 0.0713. The lowest BCUT2D eigenvalue weighted by molar-refractivity contribution is -0.384. The molecular weight excluding hydrogens is 322 g/mol. The second kappa shape index (κ2) is 7.37. The zero-order chi connectivity index (χ0) is 16.8. The maximum absolute atomic E-state index is 11.6. The monoisotopic (exact) mass is 333 g/mol. The summed E-state index contributed by atoms with van der Waals surface area (Å²) < 4.78 is 5.35. The predicted octanol–water partition coefficient (Wildman–Crippen LogP) is 3.64. The van der Waals surface area contributed by atoms with Crippen LogP contribution in [0, 0.1) is 10.1 Å². The van der Waals surface area contributed by atoms with Crippen LogP contribution in [-0.2, 0) is 4.79 Å². The van der Waals surface area contributed by atoms with Gasteiger partial charge in [0.25, 0.3) is 11.6 Å². The molecule has 0 aliphatic carbocycles. The normalized spacial score (nSPS) is 11.0. The third-order valence-electron chi connectivity index (χ3n) is 2.69. The molecule has 1 N–H and O–H groups in total. The third kappa shape index (κ3) is 4.79. The molecule has 0 aliphatic heterocycles. The van der Waals surface area contributed by atoms with Crippen molar-refractivity contribution >= 4 is 34.7 Å². The number of halogens is 1. The SMILES string of the molecule is CC(=O)/C(=N/Nc1ccc(Cl)cc1)Oc1ccc([N+](=O)[O-])cc1. The summed E-state index contributed by atoms with van der Waals surface area (Å²) >= 11 is 5.78. The number of benzene rings is 2. The van der Waals surface area contributed by atoms with Crippen LogP contribution in [0.1, 0.15) is 6.92 Å². The van der Waals surface area contributed by atoms with Crippen LogP contribution in [0.5, 0.6) is 5.75 Å². The average molecular weight is 334 g/mol. The number of nitrogens with zero attached hydrogens (tertiary/aromatic N) is 2. The van der Waals surface area contributed by atoms with Crippen LogP contribution in [0.3, 0.4) is 0 Å². The quantitative estimate of drug-likeness (QED) is 0.390. The summed E-state index contributed by atoms with van der Waals surface area (Å²) in [4.78, 5) is 21.6. The van der Waals surface area contributed by atoms with Crippen LogP contribution >= 0.6 is 11.6 Å². The van der Waals surface area contributed by atoms with Crippen molar-refractivity contribution in [3.63, 3.8) is 0 Å². The number of hydrazone groups is 1. The number of ether oxygens (including phenoxy) is 1. The summed E-state index contributed by atoms with van der Waals surface area (Å²) in [5.41, 5.74) is 3.23. The third-order valence-corrected chi connectivity index (χ3v) is 2.95. The maximum Gasteiger partial charge on any atom is 0.280 e. The summed E-state index contributed by atoms with van der Waals surface area (Å²) in [7, 11) is 0. The van der Waals surface area contributed by atoms with Crippen LogP contribution in [0.2, 0.25) is 5.02 Å². The van der Waals surface area contributed by atoms with Gasteiger partial charge in [-0.3, -0.25) is 20.3 Å². The number of rotatable bonds is 5. The van der Waals surface area contributed by atoms with Crippen molar-refractivity contribution in [1.82, 2.24) is 0 Å². The molecule has 0 aromatic heterocycles. The number of hydrogen-bond donors (Lipinski definition) is 1. The molecule has 0 bridgehead atoms. The second-order valence-electron chi connectivity index (χ2n) is 4.44. The summed E-state index contributed by atoms with van der Waals surface area (Å²) in [5, 5.41) is 15.1. The number of Topliss-reactive ketones (excluding diaryl/α,β-unsaturated/α-hetero) is 1. The Morgan fingerprint density at radius 2 is 1.78 bits per heavy atom. The molecule has 0 unspecified atom stereocenters. The van der Waals surface area contributed by atoms with Gasteiger partial charge >= 0.3 is 0 Å². The van der Waals surface area contributed by atoms with Gasteiger partial charge in [-0.25, -0.2) is 0 Å². The first-order valence-electron chi connectivity index (χ1n) is 6.48. The number of non-ortho nitro benzene ring substituents is 1. The van der Waals surface area contributed by atoms with Gasteiger partial charge in [-0.1, -0.05) is 11.6 Å². The molecule has 0 fully saturated rings. The van der Waals surface area contributed by atoms with Crippen molar-refractivity contribution in [3.8, 4) is 5.75 Å². The van der Waals surface area contributed by atoms with Gasteiger partial charge in [0.15, 0.2) is 0 Å². The van der Waals surface area contributed by atoms with Crippen LogP contribution in [0.15, 0.2) is 53.6 Å². The van der Waals surface area contributed by atoms with Gasteiger partial charge in [-0.05, 0) is 36.4 Å². The number of anilines is 1. The van der Waals surface area contributed by atoms with Gasteiger partial charge in [-0.15, -0.1) is 5.10 Å². The number of carbonyl (C=O) groups excluding carboxylic acids is 1. The molecule has 23 heavy (non-hydrogen) atoms. The molecule has 0 radical (unpaired) electrons. The second-order valence-corrected chi connectivity index (χ2v) is 4.88. The molecule has 118 valence electrons. The van der Waals surface area contributed by atoms with E-state index in [9.17, 15) is 14.9 Å². The van der Waals surface area contributed by atoms with E-state index in [2.05, 4.69) is 10.5 Å². The van der Waals surface area contributed by atoms with E-state index in [-0.39, 0.29) is 17.3 Å². The van der Waals surface area contributed by atoms with Crippen molar-refractivity contribution in [2.45, 2.75) is 6.92 Å². The lowest BCUT2D eigenvalue weighted by Gasteiger charge is -2.07. The number of nitro groups is 1. The van der Waals surface area contributed by atoms with Crippen LogP contribution < -0.4 is 10.2 Å². The number of nitro benzene ring substituents is 1. The highest BCUT2D eigenvalue weighted by Gasteiger charge is 2.11. The Kier molecular flexibility index (Phi) is 5.27. The fraction of sp³-hybridized carbons (Fsp3) is 0.0667. The van der Waals surface area contributed by atoms with Crippen LogP contribution in [0.4, 0.5) is 11.4 Å². The summed E-state index contributed by atoms with van der Waals surface area (Å²) in [5.74, 6) is -0.305. The Morgan fingerprint density at radius 3 is 2.30 bits per heavy atom. The number of nitrogens with one attached hydrogen (secondary N) is 1. The molecule has 2 aromatic carbocycles. The molecule has 2 rings (SSSR count). The molecule has 0 atom stereocenters. The van der Waals surface area contributed by atoms with E-state index < -0.39 is 10.7 Å². The Balaban J connectivity index is 2.11. The van der Waals surface area contributed by atoms with Gasteiger partial charge < -0.3 is 4.74 Å². The van der Waals surface area contributed by atoms with E-state index in [0.717, 1.165) is 0 Å². The van der Waals surface area contributed by atoms with Crippen molar-refractivity contribution in [3.05, 3.63) is 63.7 Å². The van der Waals surface area contributed by atoms with Crippen molar-refractivity contribution in [1.29, 1.82) is 0 Å². The standard InChI is InChI=1S/C15H12ClN3O4/c1-10(20)15(18-17-12-4-2-11(16)3-5-12)23-14-8-6-13(7-9-14)19(21)22/h2-9,17H,1H3/b18-15-. The van der Waals surface area contributed by atoms with Crippen LogP contribution in [-0.4, -0.2) is 16.6 Å². The minimum atomic E-state index is -0.522. The molecule has 8 heteroatoms. The fourth-order valence-corrected chi connectivity index (χ4v) is 1.69. The lowest BCUT2D eigenvalue weighted by Crippen LogP contribution is -2.19. The molecule has 2 aromatic rings. The average Bonchev–Trinajstić information content (AvgIpc) is 2.53. The Labute approximate surface area is 136 Å². The molecule has 0 saturated heterocycles. The van der Waals surface area contributed by atoms with Crippen molar-refractivity contribution in [2.24, 2.45) is 5.10 Å². The lowest BCUT2D eigenvalue weighted by atomic mass is 10.3. The zero-order valence-electron chi connectivity index (χ0n) is 12.0.